The van der Waals surface area contributed by atoms with Gasteiger partial charge in [-0.25, -0.2) is 0 Å². The molecule has 0 aliphatic heterocycles. The SMILES string of the molecule is NCC1(NC(=O)C2CC2)CC1. The molecule has 11 heavy (non-hydrogen) atoms. The maximum absolute atomic E-state index is 11.3. The first-order chi connectivity index (χ1) is 5.26. The number of hydrogen-bond acceptors (Lipinski definition) is 2. The second-order valence-corrected chi connectivity index (χ2v) is 3.75. The van der Waals surface area contributed by atoms with Crippen molar-refractivity contribution < 1.29 is 4.79 Å². The third-order valence-corrected chi connectivity index (χ3v) is 2.58. The molecule has 62 valence electrons. The minimum Gasteiger partial charge on any atom is -0.349 e. The van der Waals surface area contributed by atoms with Crippen molar-refractivity contribution in [3.63, 3.8) is 0 Å². The van der Waals surface area contributed by atoms with Crippen molar-refractivity contribution >= 4 is 5.91 Å². The summed E-state index contributed by atoms with van der Waals surface area (Å²) in [4.78, 5) is 11.3. The number of rotatable bonds is 3. The van der Waals surface area contributed by atoms with Gasteiger partial charge in [0.1, 0.15) is 0 Å². The van der Waals surface area contributed by atoms with Gasteiger partial charge in [-0.05, 0) is 25.7 Å². The molecule has 2 aliphatic carbocycles. The summed E-state index contributed by atoms with van der Waals surface area (Å²) in [6, 6.07) is 0. The number of amides is 1. The minimum absolute atomic E-state index is 0.0136. The van der Waals surface area contributed by atoms with E-state index in [1.165, 1.54) is 0 Å². The van der Waals surface area contributed by atoms with E-state index < -0.39 is 0 Å². The molecule has 2 rings (SSSR count). The molecule has 2 saturated carbocycles. The summed E-state index contributed by atoms with van der Waals surface area (Å²) in [5, 5.41) is 3.02. The molecule has 3 N–H and O–H groups in total. The van der Waals surface area contributed by atoms with Crippen LogP contribution in [0.1, 0.15) is 25.7 Å². The molecule has 0 unspecified atom stereocenters. The largest absolute Gasteiger partial charge is 0.349 e. The van der Waals surface area contributed by atoms with E-state index in [2.05, 4.69) is 5.32 Å². The van der Waals surface area contributed by atoms with Crippen LogP contribution in [0.2, 0.25) is 0 Å². The summed E-state index contributed by atoms with van der Waals surface area (Å²) in [7, 11) is 0. The van der Waals surface area contributed by atoms with Crippen molar-refractivity contribution in [1.82, 2.24) is 5.32 Å². The number of carbonyl (C=O) groups excluding carboxylic acids is 1. The van der Waals surface area contributed by atoms with Gasteiger partial charge in [0.05, 0.1) is 5.54 Å². The second-order valence-electron chi connectivity index (χ2n) is 3.75. The predicted molar refractivity (Wildman–Crippen MR) is 41.9 cm³/mol. The van der Waals surface area contributed by atoms with E-state index in [1.54, 1.807) is 0 Å². The zero-order chi connectivity index (χ0) is 7.90. The Morgan fingerprint density at radius 3 is 2.55 bits per heavy atom. The predicted octanol–water partition coefficient (Wildman–Crippen LogP) is 0.00390. The third-order valence-electron chi connectivity index (χ3n) is 2.58. The maximum Gasteiger partial charge on any atom is 0.223 e. The van der Waals surface area contributed by atoms with E-state index in [0.717, 1.165) is 25.7 Å². The van der Waals surface area contributed by atoms with E-state index >= 15 is 0 Å². The van der Waals surface area contributed by atoms with Crippen LogP contribution in [0.25, 0.3) is 0 Å². The summed E-state index contributed by atoms with van der Waals surface area (Å²) in [6.07, 6.45) is 4.29. The molecule has 0 bridgehead atoms. The third kappa shape index (κ3) is 1.38. The Bertz CT molecular complexity index is 183. The summed E-state index contributed by atoms with van der Waals surface area (Å²) in [6.45, 7) is 0.603. The highest BCUT2D eigenvalue weighted by Gasteiger charge is 2.44. The van der Waals surface area contributed by atoms with Crippen LogP contribution in [0.4, 0.5) is 0 Å². The van der Waals surface area contributed by atoms with Crippen LogP contribution in [0.3, 0.4) is 0 Å². The van der Waals surface area contributed by atoms with E-state index in [1.807, 2.05) is 0 Å². The molecule has 0 heterocycles. The molecule has 2 aliphatic rings. The molecule has 0 aromatic heterocycles. The van der Waals surface area contributed by atoms with E-state index in [9.17, 15) is 4.79 Å². The van der Waals surface area contributed by atoms with Crippen LogP contribution >= 0.6 is 0 Å². The second kappa shape index (κ2) is 2.21. The summed E-state index contributed by atoms with van der Waals surface area (Å²) >= 11 is 0. The zero-order valence-corrected chi connectivity index (χ0v) is 6.60. The smallest absolute Gasteiger partial charge is 0.223 e. The van der Waals surface area contributed by atoms with Crippen molar-refractivity contribution in [3.05, 3.63) is 0 Å². The first-order valence-corrected chi connectivity index (χ1v) is 4.28. The summed E-state index contributed by atoms with van der Waals surface area (Å²) in [5.74, 6) is 0.548. The molecule has 1 amide bonds. The molecular weight excluding hydrogens is 140 g/mol. The van der Waals surface area contributed by atoms with Crippen LogP contribution in [0.15, 0.2) is 0 Å². The van der Waals surface area contributed by atoms with Gasteiger partial charge in [-0.1, -0.05) is 0 Å². The molecule has 0 saturated heterocycles. The standard InChI is InChI=1S/C8H14N2O/c9-5-8(3-4-8)10-7(11)6-1-2-6/h6H,1-5,9H2,(H,10,11). The molecule has 0 atom stereocenters. The first kappa shape index (κ1) is 7.10. The number of nitrogens with two attached hydrogens (primary N) is 1. The monoisotopic (exact) mass is 154 g/mol. The molecule has 2 fully saturated rings. The van der Waals surface area contributed by atoms with Gasteiger partial charge >= 0.3 is 0 Å². The fraction of sp³-hybridized carbons (Fsp3) is 0.875. The quantitative estimate of drug-likeness (QED) is 0.601. The van der Waals surface area contributed by atoms with Crippen molar-refractivity contribution in [2.45, 2.75) is 31.2 Å². The number of hydrogen-bond donors (Lipinski definition) is 2. The van der Waals surface area contributed by atoms with Crippen LogP contribution < -0.4 is 11.1 Å². The lowest BCUT2D eigenvalue weighted by Crippen LogP contribution is -2.43. The number of nitrogens with one attached hydrogen (secondary N) is 1. The van der Waals surface area contributed by atoms with Crippen LogP contribution in [-0.2, 0) is 4.79 Å². The highest BCUT2D eigenvalue weighted by molar-refractivity contribution is 5.82. The summed E-state index contributed by atoms with van der Waals surface area (Å²) < 4.78 is 0. The van der Waals surface area contributed by atoms with E-state index in [-0.39, 0.29) is 11.4 Å². The highest BCUT2D eigenvalue weighted by atomic mass is 16.2. The van der Waals surface area contributed by atoms with Crippen molar-refractivity contribution in [1.29, 1.82) is 0 Å². The van der Waals surface area contributed by atoms with Crippen molar-refractivity contribution in [2.75, 3.05) is 6.54 Å². The molecular formula is C8H14N2O. The Kier molecular flexibility index (Phi) is 1.42. The maximum atomic E-state index is 11.3. The lowest BCUT2D eigenvalue weighted by molar-refractivity contribution is -0.123. The van der Waals surface area contributed by atoms with Crippen LogP contribution in [0, 0.1) is 5.92 Å². The Labute approximate surface area is 66.3 Å². The fourth-order valence-corrected chi connectivity index (χ4v) is 1.24. The normalized spacial score (nSPS) is 26.3. The van der Waals surface area contributed by atoms with Gasteiger partial charge in [-0.2, -0.15) is 0 Å². The van der Waals surface area contributed by atoms with Gasteiger partial charge in [-0.3, -0.25) is 4.79 Å². The average molecular weight is 154 g/mol. The van der Waals surface area contributed by atoms with Gasteiger partial charge in [0.25, 0.3) is 0 Å². The van der Waals surface area contributed by atoms with Crippen LogP contribution in [0.5, 0.6) is 0 Å². The highest BCUT2D eigenvalue weighted by Crippen LogP contribution is 2.36. The molecule has 0 aromatic carbocycles. The fourth-order valence-electron chi connectivity index (χ4n) is 1.24. The molecule has 0 radical (unpaired) electrons. The molecule has 3 nitrogen and oxygen atoms in total. The first-order valence-electron chi connectivity index (χ1n) is 4.28. The zero-order valence-electron chi connectivity index (χ0n) is 6.60. The lowest BCUT2D eigenvalue weighted by Gasteiger charge is -2.13. The van der Waals surface area contributed by atoms with E-state index in [0.29, 0.717) is 12.5 Å². The van der Waals surface area contributed by atoms with Crippen molar-refractivity contribution in [2.24, 2.45) is 11.7 Å². The minimum atomic E-state index is 0.0136. The summed E-state index contributed by atoms with van der Waals surface area (Å²) in [5.41, 5.74) is 5.54. The van der Waals surface area contributed by atoms with Crippen molar-refractivity contribution in [3.8, 4) is 0 Å². The van der Waals surface area contributed by atoms with Gasteiger partial charge in [0.15, 0.2) is 0 Å². The molecule has 3 heteroatoms. The molecule has 0 aromatic rings. The Balaban J connectivity index is 1.84. The Morgan fingerprint density at radius 2 is 2.18 bits per heavy atom. The van der Waals surface area contributed by atoms with Gasteiger partial charge in [0, 0.05) is 12.5 Å². The van der Waals surface area contributed by atoms with Crippen LogP contribution in [-0.4, -0.2) is 18.0 Å². The molecule has 0 spiro atoms. The average Bonchev–Trinajstić information content (AvgIpc) is 2.85. The van der Waals surface area contributed by atoms with Gasteiger partial charge in [0.2, 0.25) is 5.91 Å². The lowest BCUT2D eigenvalue weighted by atomic mass is 10.2. The topological polar surface area (TPSA) is 55.1 Å². The Hall–Kier alpha value is -0.570. The Morgan fingerprint density at radius 1 is 1.55 bits per heavy atom. The van der Waals surface area contributed by atoms with E-state index in [4.69, 9.17) is 5.73 Å². The van der Waals surface area contributed by atoms with Gasteiger partial charge < -0.3 is 11.1 Å². The van der Waals surface area contributed by atoms with Gasteiger partial charge in [-0.15, -0.1) is 0 Å². The number of carbonyl (C=O) groups is 1.